The molecule has 1 saturated heterocycles. The first kappa shape index (κ1) is 24.2. The number of ether oxygens (including phenoxy) is 1. The SMILES string of the molecule is CN1CC[C@@](O)(c2cn(-c3cccc(-c4ccnc(Nc5cn(C)nc5OCC(F)F)n4)n3)nn2)C1=O. The molecular formula is C22H22F2N10O3. The van der Waals surface area contributed by atoms with Crippen LogP contribution in [0.2, 0.25) is 0 Å². The molecule has 0 aliphatic carbocycles. The van der Waals surface area contributed by atoms with E-state index in [2.05, 4.69) is 35.7 Å². The van der Waals surface area contributed by atoms with Crippen LogP contribution in [0.25, 0.3) is 17.2 Å². The van der Waals surface area contributed by atoms with Crippen molar-refractivity contribution in [1.82, 2.24) is 44.6 Å². The zero-order valence-corrected chi connectivity index (χ0v) is 19.8. The number of nitrogens with zero attached hydrogens (tertiary/aromatic N) is 9. The molecule has 1 atom stereocenters. The van der Waals surface area contributed by atoms with Crippen molar-refractivity contribution in [3.63, 3.8) is 0 Å². The number of hydrogen-bond donors (Lipinski definition) is 2. The van der Waals surface area contributed by atoms with Crippen molar-refractivity contribution in [1.29, 1.82) is 0 Å². The van der Waals surface area contributed by atoms with Crippen LogP contribution in [0.1, 0.15) is 12.1 Å². The van der Waals surface area contributed by atoms with Crippen molar-refractivity contribution < 1.29 is 23.4 Å². The molecule has 15 heteroatoms. The van der Waals surface area contributed by atoms with Crippen LogP contribution < -0.4 is 10.1 Å². The average Bonchev–Trinajstić information content (AvgIpc) is 3.59. The second-order valence-corrected chi connectivity index (χ2v) is 8.38. The van der Waals surface area contributed by atoms with Crippen LogP contribution in [0.5, 0.6) is 5.88 Å². The second-order valence-electron chi connectivity index (χ2n) is 8.38. The lowest BCUT2D eigenvalue weighted by atomic mass is 9.99. The molecule has 192 valence electrons. The summed E-state index contributed by atoms with van der Waals surface area (Å²) in [7, 11) is 3.24. The number of halogens is 2. The number of alkyl halides is 2. The predicted octanol–water partition coefficient (Wildman–Crippen LogP) is 1.29. The first-order chi connectivity index (χ1) is 17.7. The Morgan fingerprint density at radius 1 is 1.19 bits per heavy atom. The Morgan fingerprint density at radius 2 is 2.00 bits per heavy atom. The summed E-state index contributed by atoms with van der Waals surface area (Å²) in [4.78, 5) is 27.0. The Hall–Kier alpha value is -4.53. The van der Waals surface area contributed by atoms with Crippen molar-refractivity contribution in [3.8, 4) is 23.1 Å². The third-order valence-corrected chi connectivity index (χ3v) is 5.70. The fraction of sp³-hybridized carbons (Fsp3) is 0.318. The average molecular weight is 512 g/mol. The molecule has 13 nitrogen and oxygen atoms in total. The van der Waals surface area contributed by atoms with Gasteiger partial charge in [0.25, 0.3) is 18.2 Å². The van der Waals surface area contributed by atoms with Gasteiger partial charge in [-0.05, 0) is 18.2 Å². The third kappa shape index (κ3) is 4.80. The Bertz CT molecular complexity index is 1440. The van der Waals surface area contributed by atoms with Crippen molar-refractivity contribution in [2.45, 2.75) is 18.4 Å². The van der Waals surface area contributed by atoms with Gasteiger partial charge in [0.2, 0.25) is 5.95 Å². The minimum Gasteiger partial charge on any atom is -0.469 e. The number of carbonyl (C=O) groups is 1. The van der Waals surface area contributed by atoms with E-state index in [1.165, 1.54) is 26.7 Å². The van der Waals surface area contributed by atoms with Crippen molar-refractivity contribution in [2.24, 2.45) is 7.05 Å². The van der Waals surface area contributed by atoms with Gasteiger partial charge in [-0.1, -0.05) is 11.3 Å². The number of pyridine rings is 1. The molecule has 1 aliphatic heterocycles. The van der Waals surface area contributed by atoms with Gasteiger partial charge < -0.3 is 20.1 Å². The highest BCUT2D eigenvalue weighted by atomic mass is 19.3. The Kier molecular flexibility index (Phi) is 6.20. The van der Waals surface area contributed by atoms with Gasteiger partial charge in [-0.15, -0.1) is 10.2 Å². The summed E-state index contributed by atoms with van der Waals surface area (Å²) in [5.74, 6) is 0.126. The van der Waals surface area contributed by atoms with Crippen molar-refractivity contribution >= 4 is 17.5 Å². The van der Waals surface area contributed by atoms with Crippen LogP contribution in [0.3, 0.4) is 0 Å². The van der Waals surface area contributed by atoms with E-state index in [-0.39, 0.29) is 23.9 Å². The summed E-state index contributed by atoms with van der Waals surface area (Å²) in [6.07, 6.45) is 2.12. The number of likely N-dealkylation sites (N-methyl/N-ethyl adjacent to an activating group) is 1. The number of hydrogen-bond acceptors (Lipinski definition) is 10. The molecule has 1 fully saturated rings. The van der Waals surface area contributed by atoms with Crippen LogP contribution in [0.4, 0.5) is 20.4 Å². The minimum absolute atomic E-state index is 0.00694. The molecule has 0 saturated carbocycles. The van der Waals surface area contributed by atoms with E-state index in [0.29, 0.717) is 29.4 Å². The first-order valence-electron chi connectivity index (χ1n) is 11.2. The fourth-order valence-corrected chi connectivity index (χ4v) is 3.83. The molecule has 0 unspecified atom stereocenters. The van der Waals surface area contributed by atoms with Gasteiger partial charge in [0, 0.05) is 33.3 Å². The van der Waals surface area contributed by atoms with Gasteiger partial charge in [-0.3, -0.25) is 9.48 Å². The van der Waals surface area contributed by atoms with Crippen LogP contribution in [0, 0.1) is 0 Å². The van der Waals surface area contributed by atoms with Gasteiger partial charge in [-0.25, -0.2) is 28.4 Å². The van der Waals surface area contributed by atoms with Crippen LogP contribution in [-0.4, -0.2) is 82.3 Å². The van der Waals surface area contributed by atoms with Crippen LogP contribution >= 0.6 is 0 Å². The predicted molar refractivity (Wildman–Crippen MR) is 124 cm³/mol. The standard InChI is InChI=1S/C22H22F2N10O3/c1-32-9-7-22(36,20(32)35)16-11-34(31-29-16)18-5-3-4-13(26-18)14-6-8-25-21(27-14)28-15-10-33(2)30-19(15)37-12-17(23)24/h3-6,8,10-11,17,36H,7,9,12H2,1-2H3,(H,25,27,28)/t22-/m1/s1. The number of carbonyl (C=O) groups excluding carboxylic acids is 1. The fourth-order valence-electron chi connectivity index (χ4n) is 3.83. The Labute approximate surface area is 208 Å². The number of rotatable bonds is 8. The molecule has 5 rings (SSSR count). The lowest BCUT2D eigenvalue weighted by molar-refractivity contribution is -0.143. The Balaban J connectivity index is 1.38. The zero-order chi connectivity index (χ0) is 26.2. The van der Waals surface area contributed by atoms with Crippen LogP contribution in [-0.2, 0) is 17.4 Å². The minimum atomic E-state index is -2.64. The molecule has 1 aliphatic rings. The molecule has 4 aromatic heterocycles. The summed E-state index contributed by atoms with van der Waals surface area (Å²) in [5.41, 5.74) is -0.311. The lowest BCUT2D eigenvalue weighted by Gasteiger charge is -2.17. The van der Waals surface area contributed by atoms with Gasteiger partial charge >= 0.3 is 0 Å². The van der Waals surface area contributed by atoms with Gasteiger partial charge in [-0.2, -0.15) is 0 Å². The highest BCUT2D eigenvalue weighted by Gasteiger charge is 2.47. The smallest absolute Gasteiger partial charge is 0.272 e. The van der Waals surface area contributed by atoms with E-state index in [4.69, 9.17) is 4.74 Å². The number of nitrogens with one attached hydrogen (secondary N) is 1. The number of aromatic nitrogens is 8. The van der Waals surface area contributed by atoms with E-state index < -0.39 is 24.5 Å². The second kappa shape index (κ2) is 9.50. The molecule has 0 bridgehead atoms. The summed E-state index contributed by atoms with van der Waals surface area (Å²) >= 11 is 0. The number of aliphatic hydroxyl groups is 1. The molecule has 0 spiro atoms. The third-order valence-electron chi connectivity index (χ3n) is 5.70. The molecule has 0 radical (unpaired) electrons. The number of aryl methyl sites for hydroxylation is 1. The molecular weight excluding hydrogens is 490 g/mol. The van der Waals surface area contributed by atoms with Gasteiger partial charge in [0.15, 0.2) is 18.0 Å². The lowest BCUT2D eigenvalue weighted by Crippen LogP contribution is -2.36. The molecule has 0 aromatic carbocycles. The normalized spacial score (nSPS) is 17.6. The summed E-state index contributed by atoms with van der Waals surface area (Å²) in [6.45, 7) is -0.381. The van der Waals surface area contributed by atoms with E-state index in [1.54, 1.807) is 44.6 Å². The maximum atomic E-state index is 12.6. The highest BCUT2D eigenvalue weighted by Crippen LogP contribution is 2.31. The van der Waals surface area contributed by atoms with Crippen molar-refractivity contribution in [3.05, 3.63) is 48.5 Å². The highest BCUT2D eigenvalue weighted by molar-refractivity contribution is 5.87. The molecule has 4 aromatic rings. The maximum absolute atomic E-state index is 12.6. The first-order valence-corrected chi connectivity index (χ1v) is 11.2. The number of likely N-dealkylation sites (tertiary alicyclic amines) is 1. The number of anilines is 2. The largest absolute Gasteiger partial charge is 0.469 e. The Morgan fingerprint density at radius 3 is 2.76 bits per heavy atom. The topological polar surface area (TPSA) is 149 Å². The van der Waals surface area contributed by atoms with Crippen LogP contribution in [0.15, 0.2) is 42.9 Å². The molecule has 1 amide bonds. The molecule has 37 heavy (non-hydrogen) atoms. The van der Waals surface area contributed by atoms with E-state index in [0.717, 1.165) is 0 Å². The zero-order valence-electron chi connectivity index (χ0n) is 19.8. The molecule has 5 heterocycles. The number of amides is 1. The van der Waals surface area contributed by atoms with Crippen molar-refractivity contribution in [2.75, 3.05) is 25.5 Å². The van der Waals surface area contributed by atoms with Gasteiger partial charge in [0.05, 0.1) is 23.8 Å². The molecule has 2 N–H and O–H groups in total. The van der Waals surface area contributed by atoms with E-state index >= 15 is 0 Å². The summed E-state index contributed by atoms with van der Waals surface area (Å²) in [5, 5.41) is 25.8. The quantitative estimate of drug-likeness (QED) is 0.354. The summed E-state index contributed by atoms with van der Waals surface area (Å²) < 4.78 is 33.0. The van der Waals surface area contributed by atoms with E-state index in [9.17, 15) is 18.7 Å². The van der Waals surface area contributed by atoms with E-state index in [1.807, 2.05) is 0 Å². The monoisotopic (exact) mass is 512 g/mol. The summed E-state index contributed by atoms with van der Waals surface area (Å²) in [6, 6.07) is 6.82. The van der Waals surface area contributed by atoms with Gasteiger partial charge in [0.1, 0.15) is 11.4 Å². The maximum Gasteiger partial charge on any atom is 0.272 e.